The molecule has 0 spiro atoms. The average molecular weight is 501 g/mol. The number of aromatic nitrogens is 1. The van der Waals surface area contributed by atoms with E-state index in [1.54, 1.807) is 18.3 Å². The average Bonchev–Trinajstić information content (AvgIpc) is 3.55. The second-order valence-corrected chi connectivity index (χ2v) is 9.21. The van der Waals surface area contributed by atoms with Crippen molar-refractivity contribution in [3.8, 4) is 11.3 Å². The topological polar surface area (TPSA) is 53.8 Å². The molecule has 6 rings (SSSR count). The van der Waals surface area contributed by atoms with E-state index < -0.39 is 0 Å². The number of ether oxygens (including phenoxy) is 1. The van der Waals surface area contributed by atoms with Crippen LogP contribution in [0.4, 0.5) is 15.8 Å². The Morgan fingerprint density at radius 3 is 2.36 bits per heavy atom. The van der Waals surface area contributed by atoms with E-state index in [2.05, 4.69) is 44.4 Å². The van der Waals surface area contributed by atoms with Crippen molar-refractivity contribution in [3.63, 3.8) is 0 Å². The molecule has 2 aliphatic heterocycles. The number of anilines is 2. The van der Waals surface area contributed by atoms with Gasteiger partial charge in [-0.05, 0) is 85.0 Å². The number of hydrogen-bond donors (Lipinski definition) is 1. The number of thiocarbonyl (C=S) groups is 1. The molecule has 0 bridgehead atoms. The number of benzene rings is 2. The second kappa shape index (κ2) is 9.72. The van der Waals surface area contributed by atoms with Crippen molar-refractivity contribution >= 4 is 28.7 Å². The summed E-state index contributed by atoms with van der Waals surface area (Å²) in [7, 11) is 0. The van der Waals surface area contributed by atoms with Gasteiger partial charge in [-0.25, -0.2) is 4.39 Å². The van der Waals surface area contributed by atoms with Gasteiger partial charge in [-0.3, -0.25) is 4.98 Å². The maximum absolute atomic E-state index is 13.4. The summed E-state index contributed by atoms with van der Waals surface area (Å²) in [5.41, 5.74) is 3.81. The number of furan rings is 1. The van der Waals surface area contributed by atoms with Gasteiger partial charge in [-0.2, -0.15) is 0 Å². The molecule has 4 heterocycles. The van der Waals surface area contributed by atoms with Crippen molar-refractivity contribution in [2.24, 2.45) is 0 Å². The number of pyridine rings is 1. The fraction of sp³-hybridized carbons (Fsp3) is 0.214. The normalized spacial score (nSPS) is 20.0. The molecule has 2 saturated heterocycles. The molecule has 6 nitrogen and oxygen atoms in total. The van der Waals surface area contributed by atoms with E-state index in [1.165, 1.54) is 12.1 Å². The number of morpholine rings is 1. The molecule has 0 unspecified atom stereocenters. The van der Waals surface area contributed by atoms with Crippen LogP contribution in [0, 0.1) is 5.82 Å². The molecule has 8 heteroatoms. The van der Waals surface area contributed by atoms with Crippen molar-refractivity contribution in [1.29, 1.82) is 0 Å². The van der Waals surface area contributed by atoms with E-state index in [9.17, 15) is 4.39 Å². The van der Waals surface area contributed by atoms with E-state index >= 15 is 0 Å². The lowest BCUT2D eigenvalue weighted by Crippen LogP contribution is -2.36. The highest BCUT2D eigenvalue weighted by Gasteiger charge is 2.42. The maximum atomic E-state index is 13.4. The van der Waals surface area contributed by atoms with Crippen molar-refractivity contribution in [3.05, 3.63) is 102 Å². The Bertz CT molecular complexity index is 1340. The van der Waals surface area contributed by atoms with Crippen LogP contribution >= 0.6 is 12.2 Å². The maximum Gasteiger partial charge on any atom is 0.174 e. The first-order valence-electron chi connectivity index (χ1n) is 12.0. The summed E-state index contributed by atoms with van der Waals surface area (Å²) in [5.74, 6) is 1.14. The Kier molecular flexibility index (Phi) is 6.13. The molecule has 2 fully saturated rings. The molecule has 0 aliphatic carbocycles. The van der Waals surface area contributed by atoms with E-state index in [1.807, 2.05) is 30.3 Å². The summed E-state index contributed by atoms with van der Waals surface area (Å²) in [5, 5.41) is 4.07. The molecular formula is C28H25FN4O2S. The van der Waals surface area contributed by atoms with Crippen LogP contribution in [-0.2, 0) is 4.74 Å². The number of hydrogen-bond acceptors (Lipinski definition) is 5. The van der Waals surface area contributed by atoms with E-state index in [-0.39, 0.29) is 17.9 Å². The van der Waals surface area contributed by atoms with Crippen molar-refractivity contribution in [2.45, 2.75) is 12.1 Å². The van der Waals surface area contributed by atoms with Crippen LogP contribution in [0.25, 0.3) is 11.3 Å². The molecule has 4 aromatic rings. The summed E-state index contributed by atoms with van der Waals surface area (Å²) < 4.78 is 25.3. The molecule has 2 aromatic heterocycles. The minimum absolute atomic E-state index is 0.204. The lowest BCUT2D eigenvalue weighted by molar-refractivity contribution is 0.122. The van der Waals surface area contributed by atoms with Crippen LogP contribution in [0.15, 0.2) is 89.5 Å². The predicted molar refractivity (Wildman–Crippen MR) is 142 cm³/mol. The molecule has 2 aliphatic rings. The highest BCUT2D eigenvalue weighted by Crippen LogP contribution is 2.43. The Hall–Kier alpha value is -3.75. The third-order valence-corrected chi connectivity index (χ3v) is 6.96. The first-order chi connectivity index (χ1) is 17.7. The van der Waals surface area contributed by atoms with Gasteiger partial charge in [-0.15, -0.1) is 0 Å². The molecule has 182 valence electrons. The SMILES string of the molecule is Fc1ccc(-c2ccc([C@@H]3[C@@H](c4ccccn4)NC(=S)N3c3ccc(N4CCOCC4)cc3)o2)cc1. The quantitative estimate of drug-likeness (QED) is 0.364. The van der Waals surface area contributed by atoms with Gasteiger partial charge in [0.15, 0.2) is 5.11 Å². The first-order valence-corrected chi connectivity index (χ1v) is 12.4. The molecule has 2 aromatic carbocycles. The number of nitrogens with zero attached hydrogens (tertiary/aromatic N) is 3. The monoisotopic (exact) mass is 500 g/mol. The van der Waals surface area contributed by atoms with E-state index in [4.69, 9.17) is 21.4 Å². The highest BCUT2D eigenvalue weighted by molar-refractivity contribution is 7.80. The zero-order valence-electron chi connectivity index (χ0n) is 19.5. The van der Waals surface area contributed by atoms with Gasteiger partial charge < -0.3 is 24.3 Å². The summed E-state index contributed by atoms with van der Waals surface area (Å²) in [6.45, 7) is 3.24. The minimum Gasteiger partial charge on any atom is -0.459 e. The Morgan fingerprint density at radius 2 is 1.64 bits per heavy atom. The Balaban J connectivity index is 1.37. The van der Waals surface area contributed by atoms with Gasteiger partial charge in [0.25, 0.3) is 0 Å². The van der Waals surface area contributed by atoms with E-state index in [0.29, 0.717) is 10.9 Å². The number of rotatable bonds is 5. The first kappa shape index (κ1) is 22.7. The fourth-order valence-corrected chi connectivity index (χ4v) is 5.19. The van der Waals surface area contributed by atoms with Crippen LogP contribution in [0.2, 0.25) is 0 Å². The standard InChI is InChI=1S/C28H25FN4O2S/c29-20-6-4-19(5-7-20)24-12-13-25(35-24)27-26(23-3-1-2-14-30-23)31-28(36)33(27)22-10-8-21(9-11-22)32-15-17-34-18-16-32/h1-14,26-27H,15-18H2,(H,31,36)/t26-,27-/m1/s1. The largest absolute Gasteiger partial charge is 0.459 e. The van der Waals surface area contributed by atoms with Crippen molar-refractivity contribution < 1.29 is 13.5 Å². The zero-order chi connectivity index (χ0) is 24.5. The molecule has 36 heavy (non-hydrogen) atoms. The molecule has 0 saturated carbocycles. The third-order valence-electron chi connectivity index (χ3n) is 6.65. The zero-order valence-corrected chi connectivity index (χ0v) is 20.3. The molecule has 0 amide bonds. The molecule has 2 atom stereocenters. The van der Waals surface area contributed by atoms with Gasteiger partial charge in [0, 0.05) is 36.2 Å². The van der Waals surface area contributed by atoms with Gasteiger partial charge in [0.1, 0.15) is 23.4 Å². The van der Waals surface area contributed by atoms with Crippen LogP contribution in [0.1, 0.15) is 23.5 Å². The molecule has 0 radical (unpaired) electrons. The van der Waals surface area contributed by atoms with Crippen molar-refractivity contribution in [2.75, 3.05) is 36.1 Å². The lowest BCUT2D eigenvalue weighted by atomic mass is 10.0. The van der Waals surface area contributed by atoms with Gasteiger partial charge in [-0.1, -0.05) is 6.07 Å². The minimum atomic E-state index is -0.280. The smallest absolute Gasteiger partial charge is 0.174 e. The van der Waals surface area contributed by atoms with Crippen LogP contribution in [0.5, 0.6) is 0 Å². The summed E-state index contributed by atoms with van der Waals surface area (Å²) in [6.07, 6.45) is 1.78. The van der Waals surface area contributed by atoms with Crippen LogP contribution in [-0.4, -0.2) is 36.4 Å². The molecular weight excluding hydrogens is 475 g/mol. The number of nitrogens with one attached hydrogen (secondary N) is 1. The third kappa shape index (κ3) is 4.34. The Morgan fingerprint density at radius 1 is 0.889 bits per heavy atom. The van der Waals surface area contributed by atoms with E-state index in [0.717, 1.165) is 54.7 Å². The van der Waals surface area contributed by atoms with Crippen molar-refractivity contribution in [1.82, 2.24) is 10.3 Å². The van der Waals surface area contributed by atoms with Gasteiger partial charge >= 0.3 is 0 Å². The lowest BCUT2D eigenvalue weighted by Gasteiger charge is -2.30. The summed E-state index contributed by atoms with van der Waals surface area (Å²) in [6, 6.07) is 24.0. The van der Waals surface area contributed by atoms with Gasteiger partial charge in [0.05, 0.1) is 24.9 Å². The summed E-state index contributed by atoms with van der Waals surface area (Å²) >= 11 is 5.83. The van der Waals surface area contributed by atoms with Crippen LogP contribution < -0.4 is 15.1 Å². The van der Waals surface area contributed by atoms with Crippen LogP contribution in [0.3, 0.4) is 0 Å². The number of halogens is 1. The Labute approximate surface area is 214 Å². The molecule has 1 N–H and O–H groups in total. The highest BCUT2D eigenvalue weighted by atomic mass is 32.1. The van der Waals surface area contributed by atoms with Gasteiger partial charge in [0.2, 0.25) is 0 Å². The second-order valence-electron chi connectivity index (χ2n) is 8.82. The summed E-state index contributed by atoms with van der Waals surface area (Å²) in [4.78, 5) is 9.01. The fourth-order valence-electron chi connectivity index (χ4n) is 4.85. The predicted octanol–water partition coefficient (Wildman–Crippen LogP) is 5.49.